The molecule has 0 spiro atoms. The fourth-order valence-electron chi connectivity index (χ4n) is 3.10. The van der Waals surface area contributed by atoms with E-state index in [2.05, 4.69) is 5.32 Å². The standard InChI is InChI=1S/C25H25NO6/c1-29-21-15-18(16-22(30-2)24(21)31-3)25(28)26-19-10-12-20(13-11-19)32-23(27)14-9-17-7-5-4-6-8-17/h4-8,10-13,15-16H,9,14H2,1-3H3,(H,26,28). The van der Waals surface area contributed by atoms with Crippen LogP contribution in [0.15, 0.2) is 66.7 Å². The Labute approximate surface area is 186 Å². The Morgan fingerprint density at radius 3 is 2.00 bits per heavy atom. The van der Waals surface area contributed by atoms with Gasteiger partial charge in [0.05, 0.1) is 21.3 Å². The van der Waals surface area contributed by atoms with Gasteiger partial charge in [0.15, 0.2) is 11.5 Å². The van der Waals surface area contributed by atoms with Gasteiger partial charge in [-0.3, -0.25) is 9.59 Å². The van der Waals surface area contributed by atoms with Crippen molar-refractivity contribution in [3.63, 3.8) is 0 Å². The molecule has 0 atom stereocenters. The molecule has 0 aliphatic rings. The third kappa shape index (κ3) is 5.78. The summed E-state index contributed by atoms with van der Waals surface area (Å²) in [5, 5.41) is 2.79. The van der Waals surface area contributed by atoms with Crippen LogP contribution in [0.1, 0.15) is 22.3 Å². The highest BCUT2D eigenvalue weighted by atomic mass is 16.5. The minimum absolute atomic E-state index is 0.281. The van der Waals surface area contributed by atoms with Crippen LogP contribution >= 0.6 is 0 Å². The molecule has 0 fully saturated rings. The number of aryl methyl sites for hydroxylation is 1. The topological polar surface area (TPSA) is 83.1 Å². The van der Waals surface area contributed by atoms with Gasteiger partial charge >= 0.3 is 5.97 Å². The van der Waals surface area contributed by atoms with Gasteiger partial charge in [0.25, 0.3) is 5.91 Å². The minimum atomic E-state index is -0.350. The van der Waals surface area contributed by atoms with Crippen molar-refractivity contribution in [3.05, 3.63) is 77.9 Å². The molecule has 0 saturated carbocycles. The van der Waals surface area contributed by atoms with Gasteiger partial charge in [-0.2, -0.15) is 0 Å². The van der Waals surface area contributed by atoms with Crippen LogP contribution < -0.4 is 24.3 Å². The maximum absolute atomic E-state index is 12.7. The highest BCUT2D eigenvalue weighted by molar-refractivity contribution is 6.05. The van der Waals surface area contributed by atoms with Crippen molar-refractivity contribution in [3.8, 4) is 23.0 Å². The number of amides is 1. The van der Waals surface area contributed by atoms with Crippen LogP contribution in [0.3, 0.4) is 0 Å². The molecule has 0 radical (unpaired) electrons. The first-order chi connectivity index (χ1) is 15.5. The zero-order valence-electron chi connectivity index (χ0n) is 18.2. The summed E-state index contributed by atoms with van der Waals surface area (Å²) >= 11 is 0. The van der Waals surface area contributed by atoms with Gasteiger partial charge in [-0.15, -0.1) is 0 Å². The van der Waals surface area contributed by atoms with Crippen LogP contribution in [0, 0.1) is 0 Å². The van der Waals surface area contributed by atoms with E-state index in [1.54, 1.807) is 36.4 Å². The number of hydrogen-bond donors (Lipinski definition) is 1. The molecule has 0 saturated heterocycles. The number of nitrogens with one attached hydrogen (secondary N) is 1. The van der Waals surface area contributed by atoms with Gasteiger partial charge in [0.1, 0.15) is 5.75 Å². The second kappa shape index (κ2) is 10.9. The smallest absolute Gasteiger partial charge is 0.311 e. The van der Waals surface area contributed by atoms with E-state index in [0.717, 1.165) is 5.56 Å². The molecule has 166 valence electrons. The predicted octanol–water partition coefficient (Wildman–Crippen LogP) is 4.50. The van der Waals surface area contributed by atoms with Gasteiger partial charge in [-0.25, -0.2) is 0 Å². The van der Waals surface area contributed by atoms with Crippen molar-refractivity contribution < 1.29 is 28.5 Å². The van der Waals surface area contributed by atoms with E-state index < -0.39 is 0 Å². The van der Waals surface area contributed by atoms with Gasteiger partial charge in [0.2, 0.25) is 5.75 Å². The molecule has 0 aliphatic heterocycles. The van der Waals surface area contributed by atoms with Crippen molar-refractivity contribution in [2.24, 2.45) is 0 Å². The Balaban J connectivity index is 1.60. The SMILES string of the molecule is COc1cc(C(=O)Nc2ccc(OC(=O)CCc3ccccc3)cc2)cc(OC)c1OC. The number of esters is 1. The first-order valence-electron chi connectivity index (χ1n) is 10.00. The first-order valence-corrected chi connectivity index (χ1v) is 10.00. The summed E-state index contributed by atoms with van der Waals surface area (Å²) in [4.78, 5) is 24.8. The molecule has 7 heteroatoms. The lowest BCUT2D eigenvalue weighted by molar-refractivity contribution is -0.134. The molecular weight excluding hydrogens is 410 g/mol. The Morgan fingerprint density at radius 2 is 1.44 bits per heavy atom. The van der Waals surface area contributed by atoms with Crippen molar-refractivity contribution >= 4 is 17.6 Å². The number of benzene rings is 3. The summed E-state index contributed by atoms with van der Waals surface area (Å²) in [7, 11) is 4.47. The summed E-state index contributed by atoms with van der Waals surface area (Å²) < 4.78 is 21.2. The van der Waals surface area contributed by atoms with Gasteiger partial charge in [-0.1, -0.05) is 30.3 Å². The number of carbonyl (C=O) groups excluding carboxylic acids is 2. The predicted molar refractivity (Wildman–Crippen MR) is 121 cm³/mol. The Morgan fingerprint density at radius 1 is 0.812 bits per heavy atom. The second-order valence-electron chi connectivity index (χ2n) is 6.85. The Bertz CT molecular complexity index is 1040. The van der Waals surface area contributed by atoms with Gasteiger partial charge in [0, 0.05) is 17.7 Å². The van der Waals surface area contributed by atoms with Crippen LogP contribution in [0.5, 0.6) is 23.0 Å². The molecule has 0 aliphatic carbocycles. The lowest BCUT2D eigenvalue weighted by Crippen LogP contribution is -2.13. The number of methoxy groups -OCH3 is 3. The Kier molecular flexibility index (Phi) is 7.70. The largest absolute Gasteiger partial charge is 0.493 e. The molecule has 32 heavy (non-hydrogen) atoms. The zero-order chi connectivity index (χ0) is 22.9. The lowest BCUT2D eigenvalue weighted by atomic mass is 10.1. The number of ether oxygens (including phenoxy) is 4. The molecule has 0 unspecified atom stereocenters. The second-order valence-corrected chi connectivity index (χ2v) is 6.85. The van der Waals surface area contributed by atoms with Crippen LogP contribution in [0.4, 0.5) is 5.69 Å². The lowest BCUT2D eigenvalue weighted by Gasteiger charge is -2.14. The van der Waals surface area contributed by atoms with E-state index in [0.29, 0.717) is 40.7 Å². The molecule has 3 aromatic carbocycles. The molecule has 3 rings (SSSR count). The third-order valence-corrected chi connectivity index (χ3v) is 4.73. The van der Waals surface area contributed by atoms with E-state index in [4.69, 9.17) is 18.9 Å². The number of hydrogen-bond acceptors (Lipinski definition) is 6. The maximum atomic E-state index is 12.7. The number of anilines is 1. The summed E-state index contributed by atoms with van der Waals surface area (Å²) in [6.07, 6.45) is 0.895. The number of rotatable bonds is 9. The monoisotopic (exact) mass is 435 g/mol. The summed E-state index contributed by atoms with van der Waals surface area (Å²) in [6, 6.07) is 19.5. The maximum Gasteiger partial charge on any atom is 0.311 e. The third-order valence-electron chi connectivity index (χ3n) is 4.73. The van der Waals surface area contributed by atoms with Crippen molar-refractivity contribution in [1.29, 1.82) is 0 Å². The number of carbonyl (C=O) groups is 2. The van der Waals surface area contributed by atoms with E-state index in [1.165, 1.54) is 21.3 Å². The minimum Gasteiger partial charge on any atom is -0.493 e. The molecule has 1 N–H and O–H groups in total. The highest BCUT2D eigenvalue weighted by Gasteiger charge is 2.17. The molecule has 0 bridgehead atoms. The average Bonchev–Trinajstić information content (AvgIpc) is 2.83. The van der Waals surface area contributed by atoms with Gasteiger partial charge in [-0.05, 0) is 48.4 Å². The summed E-state index contributed by atoms with van der Waals surface area (Å²) in [5.41, 5.74) is 1.97. The zero-order valence-corrected chi connectivity index (χ0v) is 18.2. The molecule has 0 heterocycles. The normalized spacial score (nSPS) is 10.2. The van der Waals surface area contributed by atoms with E-state index in [9.17, 15) is 9.59 Å². The molecule has 0 aromatic heterocycles. The quantitative estimate of drug-likeness (QED) is 0.394. The van der Waals surface area contributed by atoms with E-state index >= 15 is 0 Å². The molecular formula is C25H25NO6. The molecule has 1 amide bonds. The first kappa shape index (κ1) is 22.7. The summed E-state index contributed by atoms with van der Waals surface area (Å²) in [6.45, 7) is 0. The summed E-state index contributed by atoms with van der Waals surface area (Å²) in [5.74, 6) is 0.920. The van der Waals surface area contributed by atoms with E-state index in [-0.39, 0.29) is 18.3 Å². The van der Waals surface area contributed by atoms with Crippen LogP contribution in [-0.4, -0.2) is 33.2 Å². The average molecular weight is 435 g/mol. The Hall–Kier alpha value is -4.00. The highest BCUT2D eigenvalue weighted by Crippen LogP contribution is 2.38. The van der Waals surface area contributed by atoms with Crippen molar-refractivity contribution in [1.82, 2.24) is 0 Å². The van der Waals surface area contributed by atoms with E-state index in [1.807, 2.05) is 30.3 Å². The fraction of sp³-hybridized carbons (Fsp3) is 0.200. The van der Waals surface area contributed by atoms with Crippen LogP contribution in [0.2, 0.25) is 0 Å². The fourth-order valence-corrected chi connectivity index (χ4v) is 3.10. The van der Waals surface area contributed by atoms with Gasteiger partial charge < -0.3 is 24.3 Å². The van der Waals surface area contributed by atoms with Crippen molar-refractivity contribution in [2.75, 3.05) is 26.6 Å². The molecule has 7 nitrogen and oxygen atoms in total. The molecule has 3 aromatic rings. The van der Waals surface area contributed by atoms with Crippen LogP contribution in [-0.2, 0) is 11.2 Å². The van der Waals surface area contributed by atoms with Crippen LogP contribution in [0.25, 0.3) is 0 Å². The van der Waals surface area contributed by atoms with Crippen molar-refractivity contribution in [2.45, 2.75) is 12.8 Å².